The molecule has 0 amide bonds. The number of para-hydroxylation sites is 1. The Morgan fingerprint density at radius 2 is 1.86 bits per heavy atom. The van der Waals surface area contributed by atoms with E-state index in [1.54, 1.807) is 18.2 Å². The van der Waals surface area contributed by atoms with Crippen LogP contribution in [-0.4, -0.2) is 6.61 Å². The monoisotopic (exact) mass is 292 g/mol. The summed E-state index contributed by atoms with van der Waals surface area (Å²) < 4.78 is 11.5. The van der Waals surface area contributed by atoms with Crippen molar-refractivity contribution < 1.29 is 9.15 Å². The Morgan fingerprint density at radius 3 is 2.59 bits per heavy atom. The van der Waals surface area contributed by atoms with Gasteiger partial charge in [-0.1, -0.05) is 54.6 Å². The molecule has 22 heavy (non-hydrogen) atoms. The topological polar surface area (TPSA) is 39.4 Å². The third kappa shape index (κ3) is 2.53. The van der Waals surface area contributed by atoms with E-state index in [2.05, 4.69) is 6.58 Å². The van der Waals surface area contributed by atoms with Gasteiger partial charge in [0.2, 0.25) is 11.2 Å². The number of hydrogen-bond donors (Lipinski definition) is 0. The Hall–Kier alpha value is -2.81. The number of rotatable bonds is 4. The molecule has 2 aromatic carbocycles. The van der Waals surface area contributed by atoms with Crippen LogP contribution in [0.2, 0.25) is 0 Å². The lowest BCUT2D eigenvalue weighted by atomic mass is 10.1. The molecule has 110 valence electrons. The highest BCUT2D eigenvalue weighted by molar-refractivity contribution is 5.81. The molecule has 0 bridgehead atoms. The second-order valence-electron chi connectivity index (χ2n) is 5.05. The van der Waals surface area contributed by atoms with Crippen LogP contribution in [0.1, 0.15) is 5.56 Å². The zero-order chi connectivity index (χ0) is 15.5. The SMILES string of the molecule is C=CCOc1c(-c2ccc(C)cc2)oc2ccccc2c1=O. The van der Waals surface area contributed by atoms with Crippen molar-refractivity contribution in [1.82, 2.24) is 0 Å². The maximum absolute atomic E-state index is 12.7. The van der Waals surface area contributed by atoms with Crippen LogP contribution < -0.4 is 10.2 Å². The number of fused-ring (bicyclic) bond motifs is 1. The Kier molecular flexibility index (Phi) is 3.79. The summed E-state index contributed by atoms with van der Waals surface area (Å²) in [6.45, 7) is 5.89. The molecule has 3 nitrogen and oxygen atoms in total. The van der Waals surface area contributed by atoms with Gasteiger partial charge in [0.05, 0.1) is 5.39 Å². The van der Waals surface area contributed by atoms with E-state index < -0.39 is 0 Å². The molecule has 3 rings (SSSR count). The quantitative estimate of drug-likeness (QED) is 0.672. The largest absolute Gasteiger partial charge is 0.482 e. The van der Waals surface area contributed by atoms with Crippen molar-refractivity contribution in [3.63, 3.8) is 0 Å². The maximum Gasteiger partial charge on any atom is 0.235 e. The van der Waals surface area contributed by atoms with Crippen molar-refractivity contribution in [2.24, 2.45) is 0 Å². The first kappa shape index (κ1) is 14.1. The average molecular weight is 292 g/mol. The van der Waals surface area contributed by atoms with Gasteiger partial charge in [-0.15, -0.1) is 0 Å². The molecular weight excluding hydrogens is 276 g/mol. The molecule has 3 heteroatoms. The van der Waals surface area contributed by atoms with Gasteiger partial charge in [0.1, 0.15) is 12.2 Å². The molecule has 0 atom stereocenters. The van der Waals surface area contributed by atoms with Gasteiger partial charge in [0.15, 0.2) is 5.76 Å². The Bertz CT molecular complexity index is 873. The minimum absolute atomic E-state index is 0.167. The molecular formula is C19H16O3. The van der Waals surface area contributed by atoms with Gasteiger partial charge < -0.3 is 9.15 Å². The van der Waals surface area contributed by atoms with Crippen LogP contribution >= 0.6 is 0 Å². The number of aryl methyl sites for hydroxylation is 1. The highest BCUT2D eigenvalue weighted by Gasteiger charge is 2.17. The van der Waals surface area contributed by atoms with Crippen LogP contribution in [0.25, 0.3) is 22.3 Å². The van der Waals surface area contributed by atoms with E-state index in [1.807, 2.05) is 43.3 Å². The lowest BCUT2D eigenvalue weighted by Crippen LogP contribution is -2.10. The summed E-state index contributed by atoms with van der Waals surface area (Å²) in [4.78, 5) is 12.7. The first-order chi connectivity index (χ1) is 10.7. The van der Waals surface area contributed by atoms with Gasteiger partial charge in [0, 0.05) is 5.56 Å². The third-order valence-corrected chi connectivity index (χ3v) is 3.42. The third-order valence-electron chi connectivity index (χ3n) is 3.42. The molecule has 3 aromatic rings. The van der Waals surface area contributed by atoms with E-state index in [0.717, 1.165) is 11.1 Å². The van der Waals surface area contributed by atoms with Crippen LogP contribution in [0, 0.1) is 6.92 Å². The van der Waals surface area contributed by atoms with Crippen LogP contribution in [-0.2, 0) is 0 Å². The summed E-state index contributed by atoms with van der Waals surface area (Å²) >= 11 is 0. The molecule has 0 fully saturated rings. The van der Waals surface area contributed by atoms with E-state index in [-0.39, 0.29) is 17.8 Å². The molecule has 0 aliphatic rings. The van der Waals surface area contributed by atoms with Crippen LogP contribution in [0.4, 0.5) is 0 Å². The lowest BCUT2D eigenvalue weighted by molar-refractivity contribution is 0.351. The zero-order valence-electron chi connectivity index (χ0n) is 12.3. The molecule has 0 N–H and O–H groups in total. The van der Waals surface area contributed by atoms with Gasteiger partial charge in [-0.2, -0.15) is 0 Å². The summed E-state index contributed by atoms with van der Waals surface area (Å²) in [5, 5.41) is 0.512. The average Bonchev–Trinajstić information content (AvgIpc) is 2.55. The normalized spacial score (nSPS) is 10.6. The summed E-state index contributed by atoms with van der Waals surface area (Å²) in [6, 6.07) is 15.0. The molecule has 1 heterocycles. The molecule has 0 radical (unpaired) electrons. The van der Waals surface area contributed by atoms with E-state index in [0.29, 0.717) is 16.7 Å². The van der Waals surface area contributed by atoms with Crippen molar-refractivity contribution in [2.75, 3.05) is 6.61 Å². The van der Waals surface area contributed by atoms with Crippen LogP contribution in [0.3, 0.4) is 0 Å². The molecule has 0 saturated carbocycles. The summed E-state index contributed by atoms with van der Waals surface area (Å²) in [7, 11) is 0. The minimum atomic E-state index is -0.167. The van der Waals surface area contributed by atoms with E-state index in [1.165, 1.54) is 0 Å². The highest BCUT2D eigenvalue weighted by atomic mass is 16.5. The lowest BCUT2D eigenvalue weighted by Gasteiger charge is -2.10. The summed E-state index contributed by atoms with van der Waals surface area (Å²) in [6.07, 6.45) is 1.60. The first-order valence-corrected chi connectivity index (χ1v) is 7.07. The fourth-order valence-corrected chi connectivity index (χ4v) is 2.29. The van der Waals surface area contributed by atoms with Crippen molar-refractivity contribution in [1.29, 1.82) is 0 Å². The van der Waals surface area contributed by atoms with E-state index in [9.17, 15) is 4.79 Å². The van der Waals surface area contributed by atoms with Crippen molar-refractivity contribution in [3.8, 4) is 17.1 Å². The second kappa shape index (κ2) is 5.90. The second-order valence-corrected chi connectivity index (χ2v) is 5.05. The predicted octanol–water partition coefficient (Wildman–Crippen LogP) is 4.33. The fourth-order valence-electron chi connectivity index (χ4n) is 2.29. The van der Waals surface area contributed by atoms with E-state index >= 15 is 0 Å². The maximum atomic E-state index is 12.7. The number of benzene rings is 2. The smallest absolute Gasteiger partial charge is 0.235 e. The number of ether oxygens (including phenoxy) is 1. The summed E-state index contributed by atoms with van der Waals surface area (Å²) in [5.41, 5.74) is 2.33. The van der Waals surface area contributed by atoms with Gasteiger partial charge >= 0.3 is 0 Å². The Labute approximate surface area is 128 Å². The number of hydrogen-bond acceptors (Lipinski definition) is 3. The van der Waals surface area contributed by atoms with Crippen LogP contribution in [0.15, 0.2) is 70.4 Å². The van der Waals surface area contributed by atoms with Crippen molar-refractivity contribution in [2.45, 2.75) is 6.92 Å². The predicted molar refractivity (Wildman–Crippen MR) is 88.3 cm³/mol. The van der Waals surface area contributed by atoms with Gasteiger partial charge in [0.25, 0.3) is 0 Å². The standard InChI is InChI=1S/C19H16O3/c1-3-12-21-19-17(20)15-6-4-5-7-16(15)22-18(19)14-10-8-13(2)9-11-14/h3-11H,1,12H2,2H3. The molecule has 1 aromatic heterocycles. The molecule has 0 saturated heterocycles. The Balaban J connectivity index is 2.28. The molecule has 0 spiro atoms. The molecule has 0 aliphatic carbocycles. The first-order valence-electron chi connectivity index (χ1n) is 7.07. The van der Waals surface area contributed by atoms with Crippen molar-refractivity contribution >= 4 is 11.0 Å². The molecule has 0 unspecified atom stereocenters. The van der Waals surface area contributed by atoms with Crippen molar-refractivity contribution in [3.05, 3.63) is 77.0 Å². The molecule has 0 aliphatic heterocycles. The van der Waals surface area contributed by atoms with E-state index in [4.69, 9.17) is 9.15 Å². The van der Waals surface area contributed by atoms with Gasteiger partial charge in [-0.3, -0.25) is 4.79 Å². The van der Waals surface area contributed by atoms with Crippen LogP contribution in [0.5, 0.6) is 5.75 Å². The van der Waals surface area contributed by atoms with Gasteiger partial charge in [-0.05, 0) is 19.1 Å². The fraction of sp³-hybridized carbons (Fsp3) is 0.105. The highest BCUT2D eigenvalue weighted by Crippen LogP contribution is 2.30. The summed E-state index contributed by atoms with van der Waals surface area (Å²) in [5.74, 6) is 0.674. The van der Waals surface area contributed by atoms with Gasteiger partial charge in [-0.25, -0.2) is 0 Å². The Morgan fingerprint density at radius 1 is 1.14 bits per heavy atom. The minimum Gasteiger partial charge on any atom is -0.482 e. The zero-order valence-corrected chi connectivity index (χ0v) is 12.3.